The third-order valence-electron chi connectivity index (χ3n) is 3.24. The fourth-order valence-electron chi connectivity index (χ4n) is 2.08. The Kier molecular flexibility index (Phi) is 3.85. The molecule has 0 saturated carbocycles. The molecule has 1 amide bonds. The summed E-state index contributed by atoms with van der Waals surface area (Å²) in [5.74, 6) is -0.925. The molecule has 3 aromatic rings. The summed E-state index contributed by atoms with van der Waals surface area (Å²) in [6.07, 6.45) is 0. The van der Waals surface area contributed by atoms with Gasteiger partial charge in [0.2, 0.25) is 0 Å². The first-order chi connectivity index (χ1) is 11.2. The second-order valence-electron chi connectivity index (χ2n) is 4.79. The van der Waals surface area contributed by atoms with Crippen molar-refractivity contribution in [2.75, 3.05) is 5.32 Å². The van der Waals surface area contributed by atoms with Gasteiger partial charge in [0, 0.05) is 11.3 Å². The zero-order valence-corrected chi connectivity index (χ0v) is 11.9. The van der Waals surface area contributed by atoms with Gasteiger partial charge in [-0.15, -0.1) is 0 Å². The summed E-state index contributed by atoms with van der Waals surface area (Å²) in [4.78, 5) is 12.1. The van der Waals surface area contributed by atoms with Crippen LogP contribution in [0.5, 0.6) is 0 Å². The minimum absolute atomic E-state index is 0.0687. The Bertz CT molecular complexity index is 896. The highest BCUT2D eigenvalue weighted by Crippen LogP contribution is 2.21. The van der Waals surface area contributed by atoms with Crippen molar-refractivity contribution < 1.29 is 9.18 Å². The maximum Gasteiger partial charge on any atom is 0.273 e. The van der Waals surface area contributed by atoms with Crippen LogP contribution in [0.1, 0.15) is 16.1 Å². The molecule has 6 heteroatoms. The summed E-state index contributed by atoms with van der Waals surface area (Å²) in [7, 11) is 0. The van der Waals surface area contributed by atoms with Gasteiger partial charge in [-0.1, -0.05) is 18.2 Å². The van der Waals surface area contributed by atoms with E-state index in [4.69, 9.17) is 5.26 Å². The molecule has 1 heterocycles. The maximum absolute atomic E-state index is 13.3. The van der Waals surface area contributed by atoms with Crippen LogP contribution in [0.2, 0.25) is 0 Å². The molecule has 0 radical (unpaired) electrons. The Morgan fingerprint density at radius 1 is 1.17 bits per heavy atom. The van der Waals surface area contributed by atoms with Crippen molar-refractivity contribution in [1.82, 2.24) is 10.2 Å². The molecular formula is C17H11FN4O. The van der Waals surface area contributed by atoms with E-state index in [-0.39, 0.29) is 17.2 Å². The van der Waals surface area contributed by atoms with Crippen molar-refractivity contribution in [2.24, 2.45) is 0 Å². The lowest BCUT2D eigenvalue weighted by Gasteiger charge is -2.02. The van der Waals surface area contributed by atoms with E-state index in [1.807, 2.05) is 18.2 Å². The van der Waals surface area contributed by atoms with E-state index in [1.54, 1.807) is 24.3 Å². The number of nitrogens with one attached hydrogen (secondary N) is 2. The monoisotopic (exact) mass is 306 g/mol. The van der Waals surface area contributed by atoms with Gasteiger partial charge in [-0.3, -0.25) is 9.89 Å². The normalized spacial score (nSPS) is 10.1. The number of nitrogens with zero attached hydrogens (tertiary/aromatic N) is 2. The lowest BCUT2D eigenvalue weighted by Crippen LogP contribution is -2.12. The molecule has 0 aliphatic rings. The van der Waals surface area contributed by atoms with E-state index in [2.05, 4.69) is 15.5 Å². The highest BCUT2D eigenvalue weighted by Gasteiger charge is 2.12. The third kappa shape index (κ3) is 3.09. The number of nitriles is 1. The van der Waals surface area contributed by atoms with E-state index in [9.17, 15) is 9.18 Å². The average Bonchev–Trinajstić information content (AvgIpc) is 3.06. The topological polar surface area (TPSA) is 81.6 Å². The van der Waals surface area contributed by atoms with Gasteiger partial charge < -0.3 is 5.32 Å². The molecule has 0 bridgehead atoms. The van der Waals surface area contributed by atoms with Crippen LogP contribution in [0.25, 0.3) is 11.3 Å². The lowest BCUT2D eigenvalue weighted by atomic mass is 10.1. The van der Waals surface area contributed by atoms with Gasteiger partial charge in [0.05, 0.1) is 11.3 Å². The number of para-hydroxylation sites is 1. The van der Waals surface area contributed by atoms with E-state index in [0.717, 1.165) is 0 Å². The lowest BCUT2D eigenvalue weighted by molar-refractivity contribution is 0.102. The largest absolute Gasteiger partial charge is 0.321 e. The number of rotatable bonds is 3. The van der Waals surface area contributed by atoms with Gasteiger partial charge in [0.15, 0.2) is 0 Å². The molecule has 0 spiro atoms. The summed E-state index contributed by atoms with van der Waals surface area (Å²) in [5, 5.41) is 18.3. The number of amides is 1. The Morgan fingerprint density at radius 2 is 1.96 bits per heavy atom. The molecule has 0 atom stereocenters. The molecule has 0 aliphatic carbocycles. The van der Waals surface area contributed by atoms with E-state index >= 15 is 0 Å². The Hall–Kier alpha value is -3.46. The van der Waals surface area contributed by atoms with Crippen molar-refractivity contribution in [3.63, 3.8) is 0 Å². The van der Waals surface area contributed by atoms with E-state index in [0.29, 0.717) is 16.9 Å². The highest BCUT2D eigenvalue weighted by atomic mass is 19.1. The minimum atomic E-state index is -0.589. The maximum atomic E-state index is 13.3. The molecule has 2 N–H and O–H groups in total. The average molecular weight is 306 g/mol. The second-order valence-corrected chi connectivity index (χ2v) is 4.79. The minimum Gasteiger partial charge on any atom is -0.321 e. The molecule has 0 fully saturated rings. The molecule has 23 heavy (non-hydrogen) atoms. The molecule has 0 unspecified atom stereocenters. The first-order valence-corrected chi connectivity index (χ1v) is 6.79. The number of benzene rings is 2. The van der Waals surface area contributed by atoms with Crippen LogP contribution in [0.4, 0.5) is 10.1 Å². The number of anilines is 1. The van der Waals surface area contributed by atoms with Crippen molar-refractivity contribution in [1.29, 1.82) is 5.26 Å². The third-order valence-corrected chi connectivity index (χ3v) is 3.24. The molecule has 5 nitrogen and oxygen atoms in total. The van der Waals surface area contributed by atoms with Crippen molar-refractivity contribution in [3.8, 4) is 17.3 Å². The van der Waals surface area contributed by atoms with Crippen LogP contribution in [-0.2, 0) is 0 Å². The van der Waals surface area contributed by atoms with E-state index < -0.39 is 5.82 Å². The zero-order chi connectivity index (χ0) is 16.2. The first kappa shape index (κ1) is 14.5. The number of carbonyl (C=O) groups is 1. The Balaban J connectivity index is 1.83. The van der Waals surface area contributed by atoms with Gasteiger partial charge in [0.1, 0.15) is 17.6 Å². The van der Waals surface area contributed by atoms with Gasteiger partial charge in [-0.2, -0.15) is 10.4 Å². The standard InChI is InChI=1S/C17H11FN4O/c18-14-7-6-11(8-12(14)10-19)15-9-16(22-21-15)17(23)20-13-4-2-1-3-5-13/h1-9H,(H,20,23)(H,21,22). The van der Waals surface area contributed by atoms with Crippen LogP contribution in [0, 0.1) is 17.1 Å². The van der Waals surface area contributed by atoms with Gasteiger partial charge in [-0.05, 0) is 36.4 Å². The Morgan fingerprint density at radius 3 is 2.70 bits per heavy atom. The number of H-pyrrole nitrogens is 1. The fourth-order valence-corrected chi connectivity index (χ4v) is 2.08. The smallest absolute Gasteiger partial charge is 0.273 e. The molecular weight excluding hydrogens is 295 g/mol. The highest BCUT2D eigenvalue weighted by molar-refractivity contribution is 6.03. The van der Waals surface area contributed by atoms with Crippen LogP contribution < -0.4 is 5.32 Å². The summed E-state index contributed by atoms with van der Waals surface area (Å²) in [6, 6.07) is 16.5. The predicted molar refractivity (Wildman–Crippen MR) is 83.1 cm³/mol. The second kappa shape index (κ2) is 6.12. The number of carbonyl (C=O) groups excluding carboxylic acids is 1. The van der Waals surface area contributed by atoms with Crippen molar-refractivity contribution in [2.45, 2.75) is 0 Å². The number of hydrogen-bond acceptors (Lipinski definition) is 3. The van der Waals surface area contributed by atoms with E-state index in [1.165, 1.54) is 18.2 Å². The molecule has 0 aliphatic heterocycles. The molecule has 1 aromatic heterocycles. The van der Waals surface area contributed by atoms with Gasteiger partial charge in [0.25, 0.3) is 5.91 Å². The fraction of sp³-hybridized carbons (Fsp3) is 0. The first-order valence-electron chi connectivity index (χ1n) is 6.79. The van der Waals surface area contributed by atoms with Crippen LogP contribution in [0.3, 0.4) is 0 Å². The van der Waals surface area contributed by atoms with Crippen molar-refractivity contribution >= 4 is 11.6 Å². The van der Waals surface area contributed by atoms with Crippen LogP contribution in [0.15, 0.2) is 54.6 Å². The molecule has 0 saturated heterocycles. The van der Waals surface area contributed by atoms with Gasteiger partial charge in [-0.25, -0.2) is 4.39 Å². The quantitative estimate of drug-likeness (QED) is 0.778. The number of aromatic nitrogens is 2. The number of hydrogen-bond donors (Lipinski definition) is 2. The van der Waals surface area contributed by atoms with Gasteiger partial charge >= 0.3 is 0 Å². The SMILES string of the molecule is N#Cc1cc(-c2cc(C(=O)Nc3ccccc3)[nH]n2)ccc1F. The van der Waals surface area contributed by atoms with Crippen LogP contribution >= 0.6 is 0 Å². The summed E-state index contributed by atoms with van der Waals surface area (Å²) in [6.45, 7) is 0. The molecule has 2 aromatic carbocycles. The number of halogens is 1. The van der Waals surface area contributed by atoms with Crippen molar-refractivity contribution in [3.05, 3.63) is 71.7 Å². The van der Waals surface area contributed by atoms with Crippen LogP contribution in [-0.4, -0.2) is 16.1 Å². The molecule has 112 valence electrons. The zero-order valence-electron chi connectivity index (χ0n) is 11.9. The predicted octanol–water partition coefficient (Wildman–Crippen LogP) is 3.34. The summed E-state index contributed by atoms with van der Waals surface area (Å²) < 4.78 is 13.3. The molecule has 3 rings (SSSR count). The summed E-state index contributed by atoms with van der Waals surface area (Å²) >= 11 is 0. The number of aromatic amines is 1. The summed E-state index contributed by atoms with van der Waals surface area (Å²) in [5.41, 5.74) is 1.88. The Labute approximate surface area is 131 Å².